The topological polar surface area (TPSA) is 83.4 Å². The Hall–Kier alpha value is -2.12. The van der Waals surface area contributed by atoms with Gasteiger partial charge in [0.15, 0.2) is 0 Å². The summed E-state index contributed by atoms with van der Waals surface area (Å²) in [6.45, 7) is 7.47. The minimum atomic E-state index is -0.0394. The molecule has 1 spiro atoms. The van der Waals surface area contributed by atoms with Crippen molar-refractivity contribution in [2.75, 3.05) is 19.6 Å². The van der Waals surface area contributed by atoms with Crippen LogP contribution in [0.2, 0.25) is 0 Å². The molecule has 3 saturated heterocycles. The second-order valence-corrected chi connectivity index (χ2v) is 8.30. The number of amides is 1. The number of carbonyl (C=O) groups is 1. The maximum absolute atomic E-state index is 12.3. The molecule has 3 aliphatic heterocycles. The highest BCUT2D eigenvalue weighted by Gasteiger charge is 2.62. The quantitative estimate of drug-likeness (QED) is 0.841. The summed E-state index contributed by atoms with van der Waals surface area (Å²) in [5, 5.41) is 7.19. The molecule has 2 aromatic heterocycles. The minimum absolute atomic E-state index is 0.0362. The molecule has 5 rings (SSSR count). The van der Waals surface area contributed by atoms with E-state index in [4.69, 9.17) is 9.26 Å². The normalized spacial score (nSPS) is 32.1. The molecule has 7 heteroatoms. The lowest BCUT2D eigenvalue weighted by molar-refractivity contribution is 0.00207. The fraction of sp³-hybridized carbons (Fsp3) is 0.600. The lowest BCUT2D eigenvalue weighted by Crippen LogP contribution is -2.42. The highest BCUT2D eigenvalue weighted by atomic mass is 16.5. The van der Waals surface area contributed by atoms with Gasteiger partial charge in [0, 0.05) is 49.8 Å². The highest BCUT2D eigenvalue weighted by molar-refractivity contribution is 5.92. The SMILES string of the molecule is Cc1noc(C)c1CN1C[C@@H]2[C@H](CNC(=O)c3ccc[nH]3)[C@H]3CC[C@]2(C1)O3. The summed E-state index contributed by atoms with van der Waals surface area (Å²) in [7, 11) is 0. The van der Waals surface area contributed by atoms with Crippen molar-refractivity contribution in [3.63, 3.8) is 0 Å². The van der Waals surface area contributed by atoms with Gasteiger partial charge in [-0.15, -0.1) is 0 Å². The van der Waals surface area contributed by atoms with Gasteiger partial charge in [-0.25, -0.2) is 0 Å². The Labute approximate surface area is 158 Å². The molecule has 0 aliphatic carbocycles. The summed E-state index contributed by atoms with van der Waals surface area (Å²) in [6, 6.07) is 3.64. The summed E-state index contributed by atoms with van der Waals surface area (Å²) in [5.74, 6) is 1.72. The molecule has 7 nitrogen and oxygen atoms in total. The maximum Gasteiger partial charge on any atom is 0.267 e. The first kappa shape index (κ1) is 17.0. The average Bonchev–Trinajstić information content (AvgIpc) is 3.44. The number of ether oxygens (including phenoxy) is 1. The first-order valence-electron chi connectivity index (χ1n) is 9.79. The predicted octanol–water partition coefficient (Wildman–Crippen LogP) is 2.03. The predicted molar refractivity (Wildman–Crippen MR) is 98.2 cm³/mol. The van der Waals surface area contributed by atoms with Crippen molar-refractivity contribution in [2.45, 2.75) is 44.9 Å². The van der Waals surface area contributed by atoms with Gasteiger partial charge >= 0.3 is 0 Å². The molecule has 2 aromatic rings. The molecular weight excluding hydrogens is 344 g/mol. The van der Waals surface area contributed by atoms with Crippen molar-refractivity contribution in [3.05, 3.63) is 41.0 Å². The molecule has 0 saturated carbocycles. The first-order valence-corrected chi connectivity index (χ1v) is 9.79. The second kappa shape index (κ2) is 6.21. The lowest BCUT2D eigenvalue weighted by Gasteiger charge is -2.29. The molecule has 0 aromatic carbocycles. The van der Waals surface area contributed by atoms with E-state index in [1.807, 2.05) is 19.9 Å². The van der Waals surface area contributed by atoms with Gasteiger partial charge in [0.1, 0.15) is 11.5 Å². The Bertz CT molecular complexity index is 826. The number of nitrogens with one attached hydrogen (secondary N) is 2. The Kier molecular flexibility index (Phi) is 3.91. The number of fused-ring (bicyclic) bond motifs is 1. The molecule has 2 N–H and O–H groups in total. The number of likely N-dealkylation sites (tertiary alicyclic amines) is 1. The van der Waals surface area contributed by atoms with Crippen molar-refractivity contribution >= 4 is 5.91 Å². The number of H-pyrrole nitrogens is 1. The number of nitrogens with zero attached hydrogens (tertiary/aromatic N) is 2. The van der Waals surface area contributed by atoms with Crippen molar-refractivity contribution in [2.24, 2.45) is 11.8 Å². The zero-order valence-corrected chi connectivity index (χ0v) is 15.8. The number of carbonyl (C=O) groups excluding carboxylic acids is 1. The van der Waals surface area contributed by atoms with E-state index in [-0.39, 0.29) is 17.6 Å². The van der Waals surface area contributed by atoms with E-state index < -0.39 is 0 Å². The molecule has 144 valence electrons. The fourth-order valence-electron chi connectivity index (χ4n) is 5.41. The number of rotatable bonds is 5. The van der Waals surface area contributed by atoms with E-state index in [1.165, 1.54) is 5.56 Å². The van der Waals surface area contributed by atoms with Crippen LogP contribution in [-0.4, -0.2) is 52.3 Å². The summed E-state index contributed by atoms with van der Waals surface area (Å²) < 4.78 is 11.8. The van der Waals surface area contributed by atoms with Crippen LogP contribution in [0.5, 0.6) is 0 Å². The molecular formula is C20H26N4O3. The number of aromatic nitrogens is 2. The number of hydrogen-bond donors (Lipinski definition) is 2. The molecule has 1 amide bonds. The third kappa shape index (κ3) is 2.72. The molecule has 4 atom stereocenters. The summed E-state index contributed by atoms with van der Waals surface area (Å²) in [5.41, 5.74) is 2.74. The molecule has 27 heavy (non-hydrogen) atoms. The van der Waals surface area contributed by atoms with Crippen LogP contribution in [0.1, 0.15) is 40.3 Å². The Morgan fingerprint density at radius 1 is 1.48 bits per heavy atom. The Morgan fingerprint density at radius 3 is 3.11 bits per heavy atom. The van der Waals surface area contributed by atoms with E-state index in [9.17, 15) is 4.79 Å². The zero-order chi connectivity index (χ0) is 18.6. The molecule has 3 fully saturated rings. The maximum atomic E-state index is 12.3. The smallest absolute Gasteiger partial charge is 0.267 e. The van der Waals surface area contributed by atoms with Crippen LogP contribution in [0, 0.1) is 25.7 Å². The lowest BCUT2D eigenvalue weighted by atomic mass is 9.73. The van der Waals surface area contributed by atoms with Gasteiger partial charge in [-0.3, -0.25) is 9.69 Å². The number of aryl methyl sites for hydroxylation is 2. The molecule has 3 aliphatic rings. The zero-order valence-electron chi connectivity index (χ0n) is 15.8. The van der Waals surface area contributed by atoms with Gasteiger partial charge in [-0.1, -0.05) is 5.16 Å². The van der Waals surface area contributed by atoms with Crippen LogP contribution < -0.4 is 5.32 Å². The minimum Gasteiger partial charge on any atom is -0.370 e. The largest absolute Gasteiger partial charge is 0.370 e. The summed E-state index contributed by atoms with van der Waals surface area (Å²) >= 11 is 0. The average molecular weight is 370 g/mol. The third-order valence-corrected chi connectivity index (χ3v) is 6.76. The van der Waals surface area contributed by atoms with Crippen molar-refractivity contribution in [1.82, 2.24) is 20.4 Å². The Balaban J connectivity index is 1.27. The van der Waals surface area contributed by atoms with Gasteiger partial charge < -0.3 is 19.6 Å². The summed E-state index contributed by atoms with van der Waals surface area (Å²) in [4.78, 5) is 17.7. The van der Waals surface area contributed by atoms with Gasteiger partial charge in [0.25, 0.3) is 5.91 Å². The van der Waals surface area contributed by atoms with E-state index in [0.717, 1.165) is 43.9 Å². The van der Waals surface area contributed by atoms with Crippen molar-refractivity contribution < 1.29 is 14.1 Å². The van der Waals surface area contributed by atoms with Crippen molar-refractivity contribution in [3.8, 4) is 0 Å². The van der Waals surface area contributed by atoms with Crippen LogP contribution in [0.4, 0.5) is 0 Å². The molecule has 5 heterocycles. The molecule has 2 bridgehead atoms. The second-order valence-electron chi connectivity index (χ2n) is 8.30. The fourth-order valence-corrected chi connectivity index (χ4v) is 5.41. The van der Waals surface area contributed by atoms with E-state index in [2.05, 4.69) is 20.4 Å². The van der Waals surface area contributed by atoms with Gasteiger partial charge in [-0.05, 0) is 38.8 Å². The van der Waals surface area contributed by atoms with Crippen LogP contribution in [0.15, 0.2) is 22.9 Å². The van der Waals surface area contributed by atoms with Crippen molar-refractivity contribution in [1.29, 1.82) is 0 Å². The molecule has 0 unspecified atom stereocenters. The molecule has 0 radical (unpaired) electrons. The van der Waals surface area contributed by atoms with E-state index in [0.29, 0.717) is 24.1 Å². The monoisotopic (exact) mass is 370 g/mol. The van der Waals surface area contributed by atoms with Gasteiger partial charge in [0.05, 0.1) is 17.4 Å². The first-order chi connectivity index (χ1) is 13.1. The number of aromatic amines is 1. The highest BCUT2D eigenvalue weighted by Crippen LogP contribution is 2.54. The van der Waals surface area contributed by atoms with Crippen LogP contribution in [0.25, 0.3) is 0 Å². The van der Waals surface area contributed by atoms with Crippen LogP contribution in [-0.2, 0) is 11.3 Å². The van der Waals surface area contributed by atoms with Crippen LogP contribution in [0.3, 0.4) is 0 Å². The number of hydrogen-bond acceptors (Lipinski definition) is 5. The van der Waals surface area contributed by atoms with Crippen LogP contribution >= 0.6 is 0 Å². The standard InChI is InChI=1S/C20H26N4O3/c1-12-15(13(2)27-23-12)9-24-10-16-14(18-5-6-20(16,11-24)26-18)8-22-19(25)17-4-3-7-21-17/h3-4,7,14,16,18,21H,5-6,8-11H2,1-2H3,(H,22,25)/t14-,16+,18+,20+/m0/s1. The third-order valence-electron chi connectivity index (χ3n) is 6.76. The van der Waals surface area contributed by atoms with Gasteiger partial charge in [-0.2, -0.15) is 0 Å². The summed E-state index contributed by atoms with van der Waals surface area (Å²) in [6.07, 6.45) is 4.27. The Morgan fingerprint density at radius 2 is 2.37 bits per heavy atom. The van der Waals surface area contributed by atoms with E-state index >= 15 is 0 Å². The van der Waals surface area contributed by atoms with E-state index in [1.54, 1.807) is 12.3 Å². The van der Waals surface area contributed by atoms with Gasteiger partial charge in [0.2, 0.25) is 0 Å².